The third kappa shape index (κ3) is 3.66. The molecule has 1 atom stereocenters. The summed E-state index contributed by atoms with van der Waals surface area (Å²) in [5.41, 5.74) is 0. The number of carbonyl (C=O) groups excluding carboxylic acids is 1. The maximum absolute atomic E-state index is 11.9. The lowest BCUT2D eigenvalue weighted by Gasteiger charge is -2.16. The molecule has 0 spiro atoms. The Morgan fingerprint density at radius 3 is 2.95 bits per heavy atom. The number of amides is 1. The molecular formula is C12H16N2O4S. The fourth-order valence-electron chi connectivity index (χ4n) is 1.97. The Morgan fingerprint density at radius 2 is 2.37 bits per heavy atom. The van der Waals surface area contributed by atoms with Crippen molar-refractivity contribution in [3.63, 3.8) is 0 Å². The van der Waals surface area contributed by atoms with E-state index in [-0.39, 0.29) is 19.1 Å². The van der Waals surface area contributed by atoms with Gasteiger partial charge in [-0.2, -0.15) is 0 Å². The summed E-state index contributed by atoms with van der Waals surface area (Å²) in [6.07, 6.45) is 4.84. The molecule has 104 valence electrons. The van der Waals surface area contributed by atoms with Gasteiger partial charge in [0.1, 0.15) is 5.75 Å². The predicted molar refractivity (Wildman–Crippen MR) is 69.6 cm³/mol. The van der Waals surface area contributed by atoms with E-state index >= 15 is 0 Å². The molecular weight excluding hydrogens is 268 g/mol. The van der Waals surface area contributed by atoms with Gasteiger partial charge in [0.05, 0.1) is 11.4 Å². The first-order valence-electron chi connectivity index (χ1n) is 5.96. The summed E-state index contributed by atoms with van der Waals surface area (Å²) in [4.78, 5) is 17.3. The molecule has 19 heavy (non-hydrogen) atoms. The molecule has 1 aliphatic rings. The Kier molecular flexibility index (Phi) is 4.04. The van der Waals surface area contributed by atoms with Crippen molar-refractivity contribution in [3.05, 3.63) is 24.5 Å². The van der Waals surface area contributed by atoms with Crippen molar-refractivity contribution in [3.8, 4) is 5.75 Å². The fraction of sp³-hybridized carbons (Fsp3) is 0.500. The zero-order valence-electron chi connectivity index (χ0n) is 10.7. The van der Waals surface area contributed by atoms with Crippen molar-refractivity contribution in [2.24, 2.45) is 0 Å². The molecule has 6 nitrogen and oxygen atoms in total. The first kappa shape index (κ1) is 13.8. The van der Waals surface area contributed by atoms with Gasteiger partial charge in [0.15, 0.2) is 16.4 Å². The fourth-order valence-corrected chi connectivity index (χ4v) is 2.96. The minimum Gasteiger partial charge on any atom is -0.482 e. The third-order valence-electron chi connectivity index (χ3n) is 3.10. The summed E-state index contributed by atoms with van der Waals surface area (Å²) < 4.78 is 28.1. The molecule has 0 N–H and O–H groups in total. The minimum absolute atomic E-state index is 0.0951. The highest BCUT2D eigenvalue weighted by Gasteiger charge is 2.32. The van der Waals surface area contributed by atoms with Gasteiger partial charge < -0.3 is 9.64 Å². The number of sulfone groups is 1. The van der Waals surface area contributed by atoms with Crippen molar-refractivity contribution < 1.29 is 17.9 Å². The Morgan fingerprint density at radius 1 is 1.58 bits per heavy atom. The summed E-state index contributed by atoms with van der Waals surface area (Å²) in [5, 5.41) is -0.449. The largest absolute Gasteiger partial charge is 0.482 e. The van der Waals surface area contributed by atoms with Crippen LogP contribution in [0, 0.1) is 0 Å². The first-order valence-corrected chi connectivity index (χ1v) is 7.92. The van der Waals surface area contributed by atoms with Crippen LogP contribution < -0.4 is 4.74 Å². The van der Waals surface area contributed by atoms with E-state index < -0.39 is 15.1 Å². The lowest BCUT2D eigenvalue weighted by Crippen LogP contribution is -2.34. The monoisotopic (exact) mass is 284 g/mol. The highest BCUT2D eigenvalue weighted by atomic mass is 32.2. The molecule has 0 saturated carbocycles. The van der Waals surface area contributed by atoms with Crippen LogP contribution in [0.2, 0.25) is 0 Å². The van der Waals surface area contributed by atoms with E-state index in [0.717, 1.165) is 0 Å². The molecule has 0 aromatic carbocycles. The van der Waals surface area contributed by atoms with E-state index in [1.807, 2.05) is 0 Å². The minimum atomic E-state index is -3.08. The third-order valence-corrected chi connectivity index (χ3v) is 4.70. The molecule has 1 aromatic rings. The smallest absolute Gasteiger partial charge is 0.260 e. The number of pyridine rings is 1. The Bertz CT molecular complexity index is 544. The van der Waals surface area contributed by atoms with Gasteiger partial charge in [0.2, 0.25) is 0 Å². The van der Waals surface area contributed by atoms with Crippen LogP contribution in [-0.2, 0) is 14.6 Å². The van der Waals surface area contributed by atoms with Crippen LogP contribution in [0.5, 0.6) is 5.75 Å². The normalized spacial score (nSPS) is 19.4. The number of hydrogen-bond acceptors (Lipinski definition) is 5. The predicted octanol–water partition coefficient (Wildman–Crippen LogP) is 0.106. The molecule has 0 bridgehead atoms. The van der Waals surface area contributed by atoms with Crippen LogP contribution in [0.15, 0.2) is 24.5 Å². The first-order chi connectivity index (χ1) is 8.97. The van der Waals surface area contributed by atoms with Gasteiger partial charge in [0.25, 0.3) is 5.91 Å². The van der Waals surface area contributed by atoms with Gasteiger partial charge in [-0.25, -0.2) is 8.42 Å². The molecule has 1 aliphatic heterocycles. The molecule has 0 aliphatic carbocycles. The van der Waals surface area contributed by atoms with Gasteiger partial charge >= 0.3 is 0 Å². The van der Waals surface area contributed by atoms with E-state index in [4.69, 9.17) is 4.74 Å². The molecule has 1 saturated heterocycles. The number of nitrogens with zero attached hydrogens (tertiary/aromatic N) is 2. The molecule has 7 heteroatoms. The number of rotatable bonds is 4. The van der Waals surface area contributed by atoms with Crippen LogP contribution >= 0.6 is 0 Å². The Hall–Kier alpha value is -1.63. The molecule has 1 amide bonds. The van der Waals surface area contributed by atoms with Crippen LogP contribution in [0.4, 0.5) is 0 Å². The van der Waals surface area contributed by atoms with Gasteiger partial charge in [-0.15, -0.1) is 0 Å². The molecule has 1 aromatic heterocycles. The summed E-state index contributed by atoms with van der Waals surface area (Å²) in [6.45, 7) is 0.628. The number of likely N-dealkylation sites (tertiary alicyclic amines) is 1. The highest BCUT2D eigenvalue weighted by molar-refractivity contribution is 7.91. The second-order valence-corrected chi connectivity index (χ2v) is 6.88. The number of carbonyl (C=O) groups is 1. The quantitative estimate of drug-likeness (QED) is 0.784. The second kappa shape index (κ2) is 5.56. The average Bonchev–Trinajstić information content (AvgIpc) is 2.87. The lowest BCUT2D eigenvalue weighted by molar-refractivity contribution is -0.132. The van der Waals surface area contributed by atoms with Crippen molar-refractivity contribution >= 4 is 15.7 Å². The summed E-state index contributed by atoms with van der Waals surface area (Å²) in [7, 11) is -3.08. The second-order valence-electron chi connectivity index (χ2n) is 4.56. The highest BCUT2D eigenvalue weighted by Crippen LogP contribution is 2.16. The zero-order chi connectivity index (χ0) is 13.9. The van der Waals surface area contributed by atoms with Crippen LogP contribution in [0.25, 0.3) is 0 Å². The average molecular weight is 284 g/mol. The number of hydrogen-bond donors (Lipinski definition) is 0. The summed E-state index contributed by atoms with van der Waals surface area (Å²) >= 11 is 0. The Labute approximate surface area is 112 Å². The summed E-state index contributed by atoms with van der Waals surface area (Å²) in [5.74, 6) is 0.324. The molecule has 1 unspecified atom stereocenters. The van der Waals surface area contributed by atoms with Crippen molar-refractivity contribution in [1.29, 1.82) is 0 Å². The van der Waals surface area contributed by atoms with E-state index in [1.165, 1.54) is 17.4 Å². The maximum Gasteiger partial charge on any atom is 0.260 e. The summed E-state index contributed by atoms with van der Waals surface area (Å²) in [6, 6.07) is 3.43. The number of ether oxygens (including phenoxy) is 1. The van der Waals surface area contributed by atoms with Crippen LogP contribution in [-0.4, -0.2) is 55.4 Å². The van der Waals surface area contributed by atoms with Crippen molar-refractivity contribution in [1.82, 2.24) is 9.88 Å². The van der Waals surface area contributed by atoms with Gasteiger partial charge in [-0.05, 0) is 18.6 Å². The Balaban J connectivity index is 1.85. The van der Waals surface area contributed by atoms with E-state index in [0.29, 0.717) is 18.7 Å². The van der Waals surface area contributed by atoms with Crippen molar-refractivity contribution in [2.45, 2.75) is 11.7 Å². The lowest BCUT2D eigenvalue weighted by atomic mass is 10.4. The number of aromatic nitrogens is 1. The molecule has 2 heterocycles. The standard InChI is InChI=1S/C12H16N2O4S/c1-19(16,17)11-4-6-14(8-11)12(15)9-18-10-3-2-5-13-7-10/h2-3,5,7,11H,4,6,8-9H2,1H3. The van der Waals surface area contributed by atoms with E-state index in [9.17, 15) is 13.2 Å². The van der Waals surface area contributed by atoms with Gasteiger partial charge in [0, 0.05) is 25.5 Å². The molecule has 2 rings (SSSR count). The van der Waals surface area contributed by atoms with Gasteiger partial charge in [-0.1, -0.05) is 0 Å². The van der Waals surface area contributed by atoms with Crippen LogP contribution in [0.1, 0.15) is 6.42 Å². The van der Waals surface area contributed by atoms with Crippen LogP contribution in [0.3, 0.4) is 0 Å². The SMILES string of the molecule is CS(=O)(=O)C1CCN(C(=O)COc2cccnc2)C1. The van der Waals surface area contributed by atoms with E-state index in [1.54, 1.807) is 18.3 Å². The maximum atomic E-state index is 11.9. The molecule has 0 radical (unpaired) electrons. The topological polar surface area (TPSA) is 76.6 Å². The zero-order valence-corrected chi connectivity index (χ0v) is 11.5. The van der Waals surface area contributed by atoms with Gasteiger partial charge in [-0.3, -0.25) is 9.78 Å². The van der Waals surface area contributed by atoms with Crippen molar-refractivity contribution in [2.75, 3.05) is 26.0 Å². The molecule has 1 fully saturated rings. The van der Waals surface area contributed by atoms with E-state index in [2.05, 4.69) is 4.98 Å².